The lowest BCUT2D eigenvalue weighted by Gasteiger charge is -2.35. The number of hydrogen-bond donors (Lipinski definition) is 0. The number of anilines is 1. The number of rotatable bonds is 2. The van der Waals surface area contributed by atoms with Gasteiger partial charge in [-0.1, -0.05) is 6.92 Å². The molecule has 0 amide bonds. The highest BCUT2D eigenvalue weighted by Gasteiger charge is 2.31. The molecule has 1 radical (unpaired) electrons. The normalized spacial score (nSPS) is 18.1. The molecule has 2 nitrogen and oxygen atoms in total. The van der Waals surface area contributed by atoms with Gasteiger partial charge in [-0.25, -0.2) is 0 Å². The van der Waals surface area contributed by atoms with E-state index in [1.54, 1.807) is 6.07 Å². The first-order chi connectivity index (χ1) is 8.50. The van der Waals surface area contributed by atoms with E-state index in [4.69, 9.17) is 0 Å². The molecule has 0 aromatic heterocycles. The predicted octanol–water partition coefficient (Wildman–Crippen LogP) is 2.65. The van der Waals surface area contributed by atoms with Gasteiger partial charge in [-0.15, -0.1) is 0 Å². The number of benzene rings is 1. The highest BCUT2D eigenvalue weighted by atomic mass is 19.4. The molecule has 99 valence electrons. The SMILES string of the molecule is CCN1CCN(c2c[c]cc(C(F)(F)F)c2)CC1. The van der Waals surface area contributed by atoms with Crippen molar-refractivity contribution in [3.63, 3.8) is 0 Å². The van der Waals surface area contributed by atoms with Crippen LogP contribution in [0.4, 0.5) is 18.9 Å². The minimum absolute atomic E-state index is 0.612. The predicted molar refractivity (Wildman–Crippen MR) is 64.6 cm³/mol. The Morgan fingerprint density at radius 3 is 2.39 bits per heavy atom. The number of halogens is 3. The summed E-state index contributed by atoms with van der Waals surface area (Å²) in [4.78, 5) is 4.27. The third-order valence-corrected chi connectivity index (χ3v) is 3.29. The lowest BCUT2D eigenvalue weighted by molar-refractivity contribution is -0.137. The third-order valence-electron chi connectivity index (χ3n) is 3.29. The molecule has 5 heteroatoms. The van der Waals surface area contributed by atoms with E-state index in [1.165, 1.54) is 6.07 Å². The van der Waals surface area contributed by atoms with Gasteiger partial charge in [0.25, 0.3) is 0 Å². The number of hydrogen-bond acceptors (Lipinski definition) is 2. The Bertz CT molecular complexity index is 395. The summed E-state index contributed by atoms with van der Waals surface area (Å²) in [5, 5.41) is 0. The molecule has 1 aliphatic heterocycles. The van der Waals surface area contributed by atoms with Crippen molar-refractivity contribution in [1.29, 1.82) is 0 Å². The molecule has 1 aliphatic rings. The quantitative estimate of drug-likeness (QED) is 0.803. The molecule has 0 unspecified atom stereocenters. The van der Waals surface area contributed by atoms with Crippen LogP contribution in [0, 0.1) is 6.07 Å². The van der Waals surface area contributed by atoms with Gasteiger partial charge in [0.1, 0.15) is 0 Å². The van der Waals surface area contributed by atoms with Crippen LogP contribution in [0.2, 0.25) is 0 Å². The van der Waals surface area contributed by atoms with E-state index in [2.05, 4.69) is 17.9 Å². The first-order valence-corrected chi connectivity index (χ1v) is 6.06. The molecule has 0 atom stereocenters. The molecule has 1 heterocycles. The summed E-state index contributed by atoms with van der Waals surface area (Å²) in [6.45, 7) is 6.40. The smallest absolute Gasteiger partial charge is 0.369 e. The van der Waals surface area contributed by atoms with Crippen molar-refractivity contribution in [2.45, 2.75) is 13.1 Å². The molecule has 1 saturated heterocycles. The van der Waals surface area contributed by atoms with Crippen LogP contribution in [0.1, 0.15) is 12.5 Å². The third kappa shape index (κ3) is 2.96. The molecule has 1 aromatic rings. The first kappa shape index (κ1) is 13.2. The van der Waals surface area contributed by atoms with Crippen molar-refractivity contribution in [2.75, 3.05) is 37.6 Å². The van der Waals surface area contributed by atoms with E-state index in [0.29, 0.717) is 5.69 Å². The first-order valence-electron chi connectivity index (χ1n) is 6.06. The van der Waals surface area contributed by atoms with Crippen LogP contribution in [0.15, 0.2) is 18.2 Å². The Labute approximate surface area is 105 Å². The second-order valence-corrected chi connectivity index (χ2v) is 4.40. The van der Waals surface area contributed by atoms with E-state index in [0.717, 1.165) is 38.8 Å². The number of likely N-dealkylation sites (N-methyl/N-ethyl adjacent to an activating group) is 1. The Morgan fingerprint density at radius 1 is 1.17 bits per heavy atom. The summed E-state index contributed by atoms with van der Waals surface area (Å²) in [6.07, 6.45) is -4.29. The Kier molecular flexibility index (Phi) is 3.80. The average molecular weight is 257 g/mol. The van der Waals surface area contributed by atoms with Gasteiger partial charge in [0.05, 0.1) is 5.56 Å². The summed E-state index contributed by atoms with van der Waals surface area (Å²) >= 11 is 0. The van der Waals surface area contributed by atoms with Gasteiger partial charge in [0.2, 0.25) is 0 Å². The maximum Gasteiger partial charge on any atom is 0.416 e. The number of alkyl halides is 3. The van der Waals surface area contributed by atoms with Crippen LogP contribution in [0.5, 0.6) is 0 Å². The Hall–Kier alpha value is -1.23. The summed E-state index contributed by atoms with van der Waals surface area (Å²) < 4.78 is 37.8. The van der Waals surface area contributed by atoms with Crippen molar-refractivity contribution in [2.24, 2.45) is 0 Å². The summed E-state index contributed by atoms with van der Waals surface area (Å²) in [5.74, 6) is 0. The summed E-state index contributed by atoms with van der Waals surface area (Å²) in [7, 11) is 0. The average Bonchev–Trinajstić information content (AvgIpc) is 2.38. The second kappa shape index (κ2) is 5.18. The molecule has 0 saturated carbocycles. The standard InChI is InChI=1S/C13H16F3N2/c1-2-17-6-8-18(9-7-17)12-5-3-4-11(10-12)13(14,15)16/h4-5,10H,2,6-9H2,1H3. The van der Waals surface area contributed by atoms with E-state index < -0.39 is 11.7 Å². The fourth-order valence-corrected chi connectivity index (χ4v) is 2.13. The maximum absolute atomic E-state index is 12.6. The van der Waals surface area contributed by atoms with Crippen LogP contribution >= 0.6 is 0 Å². The van der Waals surface area contributed by atoms with Gasteiger partial charge in [0, 0.05) is 31.9 Å². The number of piperazine rings is 1. The zero-order valence-electron chi connectivity index (χ0n) is 10.3. The molecule has 0 aliphatic carbocycles. The zero-order valence-corrected chi connectivity index (χ0v) is 10.3. The van der Waals surface area contributed by atoms with Crippen molar-refractivity contribution in [3.8, 4) is 0 Å². The van der Waals surface area contributed by atoms with Crippen molar-refractivity contribution < 1.29 is 13.2 Å². The Morgan fingerprint density at radius 2 is 1.83 bits per heavy atom. The van der Waals surface area contributed by atoms with Gasteiger partial charge in [0.15, 0.2) is 0 Å². The van der Waals surface area contributed by atoms with E-state index in [9.17, 15) is 13.2 Å². The molecule has 0 spiro atoms. The molecule has 0 bridgehead atoms. The van der Waals surface area contributed by atoms with Crippen LogP contribution in [0.3, 0.4) is 0 Å². The molecule has 2 rings (SSSR count). The van der Waals surface area contributed by atoms with Gasteiger partial charge >= 0.3 is 6.18 Å². The second-order valence-electron chi connectivity index (χ2n) is 4.40. The topological polar surface area (TPSA) is 6.48 Å². The van der Waals surface area contributed by atoms with E-state index >= 15 is 0 Å². The van der Waals surface area contributed by atoms with Gasteiger partial charge in [-0.05, 0) is 30.8 Å². The highest BCUT2D eigenvalue weighted by Crippen LogP contribution is 2.31. The monoisotopic (exact) mass is 257 g/mol. The minimum Gasteiger partial charge on any atom is -0.369 e. The molecule has 1 fully saturated rings. The fourth-order valence-electron chi connectivity index (χ4n) is 2.13. The lowest BCUT2D eigenvalue weighted by atomic mass is 10.1. The van der Waals surface area contributed by atoms with Gasteiger partial charge < -0.3 is 9.80 Å². The van der Waals surface area contributed by atoms with Crippen LogP contribution < -0.4 is 4.90 Å². The lowest BCUT2D eigenvalue weighted by Crippen LogP contribution is -2.46. The summed E-state index contributed by atoms with van der Waals surface area (Å²) in [6, 6.07) is 6.40. The molecular formula is C13H16F3N2. The van der Waals surface area contributed by atoms with Gasteiger partial charge in [-0.3, -0.25) is 0 Å². The Balaban J connectivity index is 2.10. The van der Waals surface area contributed by atoms with Crippen molar-refractivity contribution >= 4 is 5.69 Å². The highest BCUT2D eigenvalue weighted by molar-refractivity contribution is 5.49. The molecule has 18 heavy (non-hydrogen) atoms. The van der Waals surface area contributed by atoms with Crippen molar-refractivity contribution in [3.05, 3.63) is 29.8 Å². The van der Waals surface area contributed by atoms with Gasteiger partial charge in [-0.2, -0.15) is 13.2 Å². The minimum atomic E-state index is -4.29. The summed E-state index contributed by atoms with van der Waals surface area (Å²) in [5.41, 5.74) is -0.0153. The molecule has 0 N–H and O–H groups in total. The van der Waals surface area contributed by atoms with Crippen LogP contribution in [-0.2, 0) is 6.18 Å². The zero-order chi connectivity index (χ0) is 13.2. The van der Waals surface area contributed by atoms with E-state index in [-0.39, 0.29) is 0 Å². The fraction of sp³-hybridized carbons (Fsp3) is 0.538. The van der Waals surface area contributed by atoms with Crippen molar-refractivity contribution in [1.82, 2.24) is 4.90 Å². The van der Waals surface area contributed by atoms with Crippen LogP contribution in [0.25, 0.3) is 0 Å². The van der Waals surface area contributed by atoms with E-state index in [1.807, 2.05) is 4.90 Å². The number of nitrogens with zero attached hydrogens (tertiary/aromatic N) is 2. The molecule has 1 aromatic carbocycles. The maximum atomic E-state index is 12.6. The molecular weight excluding hydrogens is 241 g/mol. The van der Waals surface area contributed by atoms with Crippen LogP contribution in [-0.4, -0.2) is 37.6 Å². The largest absolute Gasteiger partial charge is 0.416 e.